The summed E-state index contributed by atoms with van der Waals surface area (Å²) in [5, 5.41) is 12.0. The number of hydrogen-bond donors (Lipinski definition) is 2. The maximum absolute atomic E-state index is 13.0. The van der Waals surface area contributed by atoms with Crippen LogP contribution in [0.5, 0.6) is 0 Å². The van der Waals surface area contributed by atoms with Crippen LogP contribution in [0.4, 0.5) is 4.79 Å². The van der Waals surface area contributed by atoms with Gasteiger partial charge in [0.1, 0.15) is 6.61 Å². The molecule has 2 aromatic carbocycles. The molecular formula is C28H34N2O5. The number of alkyl carbamates (subject to hydrolysis) is 1. The van der Waals surface area contributed by atoms with E-state index in [1.54, 1.807) is 14.0 Å². The second-order valence-corrected chi connectivity index (χ2v) is 9.82. The van der Waals surface area contributed by atoms with Crippen LogP contribution >= 0.6 is 0 Å². The molecule has 4 rings (SSSR count). The van der Waals surface area contributed by atoms with Crippen LogP contribution in [-0.4, -0.2) is 54.7 Å². The van der Waals surface area contributed by atoms with E-state index in [1.165, 1.54) is 16.0 Å². The Balaban J connectivity index is 1.32. The largest absolute Gasteiger partial charge is 0.481 e. The number of carboxylic acid groups (broad SMARTS) is 1. The number of nitrogens with one attached hydrogen (secondary N) is 1. The van der Waals surface area contributed by atoms with Gasteiger partial charge in [-0.25, -0.2) is 4.79 Å². The van der Waals surface area contributed by atoms with Gasteiger partial charge in [0, 0.05) is 32.0 Å². The Labute approximate surface area is 206 Å². The fourth-order valence-electron chi connectivity index (χ4n) is 5.50. The fourth-order valence-corrected chi connectivity index (χ4v) is 5.50. The van der Waals surface area contributed by atoms with Crippen LogP contribution in [0, 0.1) is 17.8 Å². The summed E-state index contributed by atoms with van der Waals surface area (Å²) in [6.45, 7) is 2.40. The molecule has 3 atom stereocenters. The number of hydrogen-bond acceptors (Lipinski definition) is 4. The maximum Gasteiger partial charge on any atom is 0.407 e. The van der Waals surface area contributed by atoms with Gasteiger partial charge < -0.3 is 20.1 Å². The number of amides is 2. The molecule has 186 valence electrons. The summed E-state index contributed by atoms with van der Waals surface area (Å²) in [5.41, 5.74) is 4.69. The van der Waals surface area contributed by atoms with Crippen molar-refractivity contribution in [2.75, 3.05) is 26.7 Å². The molecule has 2 aliphatic carbocycles. The van der Waals surface area contributed by atoms with Crippen molar-refractivity contribution in [3.05, 3.63) is 59.7 Å². The lowest BCUT2D eigenvalue weighted by Gasteiger charge is -2.34. The molecule has 0 radical (unpaired) electrons. The van der Waals surface area contributed by atoms with E-state index in [4.69, 9.17) is 9.84 Å². The molecule has 0 spiro atoms. The third kappa shape index (κ3) is 5.50. The number of ether oxygens (including phenoxy) is 1. The van der Waals surface area contributed by atoms with Gasteiger partial charge in [0.15, 0.2) is 0 Å². The molecule has 7 heteroatoms. The van der Waals surface area contributed by atoms with Gasteiger partial charge >= 0.3 is 12.1 Å². The summed E-state index contributed by atoms with van der Waals surface area (Å²) >= 11 is 0. The van der Waals surface area contributed by atoms with Gasteiger partial charge in [0.2, 0.25) is 5.91 Å². The van der Waals surface area contributed by atoms with Crippen molar-refractivity contribution in [1.29, 1.82) is 0 Å². The summed E-state index contributed by atoms with van der Waals surface area (Å²) in [4.78, 5) is 38.3. The molecule has 0 aromatic heterocycles. The normalized spacial score (nSPS) is 19.8. The van der Waals surface area contributed by atoms with E-state index in [0.29, 0.717) is 6.54 Å². The lowest BCUT2D eigenvalue weighted by molar-refractivity contribution is -0.144. The fraction of sp³-hybridized carbons (Fsp3) is 0.464. The molecule has 2 amide bonds. The minimum atomic E-state index is -0.915. The number of carbonyl (C=O) groups excluding carboxylic acids is 2. The lowest BCUT2D eigenvalue weighted by Crippen LogP contribution is -2.44. The van der Waals surface area contributed by atoms with E-state index in [0.717, 1.165) is 36.8 Å². The van der Waals surface area contributed by atoms with Gasteiger partial charge in [-0.15, -0.1) is 0 Å². The third-order valence-corrected chi connectivity index (χ3v) is 7.42. The highest BCUT2D eigenvalue weighted by atomic mass is 16.5. The quantitative estimate of drug-likeness (QED) is 0.582. The number of nitrogens with zero attached hydrogens (tertiary/aromatic N) is 1. The van der Waals surface area contributed by atoms with Crippen molar-refractivity contribution in [3.63, 3.8) is 0 Å². The Hall–Kier alpha value is -3.35. The molecule has 0 bridgehead atoms. The SMILES string of the molecule is CC(CN(C)C(=O)[C@@H]1CCCC[C@@H]1CNC(=O)OCC1c2ccccc2-c2ccccc21)C(=O)O. The Kier molecular flexibility index (Phi) is 7.73. The van der Waals surface area contributed by atoms with Crippen LogP contribution < -0.4 is 5.32 Å². The number of fused-ring (bicyclic) bond motifs is 3. The standard InChI is InChI=1S/C28H34N2O5/c1-18(27(32)33)16-30(2)26(31)20-10-4-3-9-19(20)15-29-28(34)35-17-25-23-13-7-5-11-21(23)22-12-6-8-14-24(22)25/h5-8,11-14,18-20,25H,3-4,9-10,15-17H2,1-2H3,(H,29,34)(H,32,33)/t18?,19-,20-/m1/s1. The van der Waals surface area contributed by atoms with Gasteiger partial charge in [-0.2, -0.15) is 0 Å². The first kappa shape index (κ1) is 24.8. The van der Waals surface area contributed by atoms with E-state index in [-0.39, 0.29) is 36.8 Å². The second-order valence-electron chi connectivity index (χ2n) is 9.82. The van der Waals surface area contributed by atoms with Crippen LogP contribution in [0.3, 0.4) is 0 Å². The van der Waals surface area contributed by atoms with Crippen LogP contribution in [0.2, 0.25) is 0 Å². The number of carbonyl (C=O) groups is 3. The van der Waals surface area contributed by atoms with E-state index in [9.17, 15) is 14.4 Å². The van der Waals surface area contributed by atoms with Crippen molar-refractivity contribution in [2.45, 2.75) is 38.5 Å². The Bertz CT molecular complexity index is 1040. The first-order chi connectivity index (χ1) is 16.9. The molecule has 35 heavy (non-hydrogen) atoms. The first-order valence-corrected chi connectivity index (χ1v) is 12.4. The van der Waals surface area contributed by atoms with E-state index in [1.807, 2.05) is 24.3 Å². The molecule has 0 aliphatic heterocycles. The summed E-state index contributed by atoms with van der Waals surface area (Å²) in [7, 11) is 1.66. The van der Waals surface area contributed by atoms with Crippen LogP contribution in [-0.2, 0) is 14.3 Å². The number of aliphatic carboxylic acids is 1. The first-order valence-electron chi connectivity index (χ1n) is 12.4. The molecular weight excluding hydrogens is 444 g/mol. The topological polar surface area (TPSA) is 95.9 Å². The number of benzene rings is 2. The molecule has 1 fully saturated rings. The molecule has 1 unspecified atom stereocenters. The molecule has 2 aliphatic rings. The van der Waals surface area contributed by atoms with Crippen molar-refractivity contribution in [3.8, 4) is 11.1 Å². The third-order valence-electron chi connectivity index (χ3n) is 7.42. The molecule has 0 saturated heterocycles. The highest BCUT2D eigenvalue weighted by Crippen LogP contribution is 2.44. The molecule has 0 heterocycles. The van der Waals surface area contributed by atoms with Crippen LogP contribution in [0.15, 0.2) is 48.5 Å². The van der Waals surface area contributed by atoms with E-state index >= 15 is 0 Å². The zero-order valence-electron chi connectivity index (χ0n) is 20.4. The van der Waals surface area contributed by atoms with Crippen molar-refractivity contribution in [1.82, 2.24) is 10.2 Å². The minimum absolute atomic E-state index is 0.00188. The molecule has 7 nitrogen and oxygen atoms in total. The van der Waals surface area contributed by atoms with Gasteiger partial charge in [0.25, 0.3) is 0 Å². The lowest BCUT2D eigenvalue weighted by atomic mass is 9.78. The number of rotatable bonds is 8. The van der Waals surface area contributed by atoms with Gasteiger partial charge in [0.05, 0.1) is 5.92 Å². The van der Waals surface area contributed by atoms with Crippen molar-refractivity contribution in [2.24, 2.45) is 17.8 Å². The van der Waals surface area contributed by atoms with Crippen LogP contribution in [0.1, 0.15) is 49.7 Å². The second kappa shape index (κ2) is 10.9. The van der Waals surface area contributed by atoms with Crippen molar-refractivity contribution < 1.29 is 24.2 Å². The summed E-state index contributed by atoms with van der Waals surface area (Å²) in [6, 6.07) is 16.4. The zero-order valence-corrected chi connectivity index (χ0v) is 20.4. The number of carboxylic acids is 1. The van der Waals surface area contributed by atoms with Gasteiger partial charge in [-0.3, -0.25) is 9.59 Å². The van der Waals surface area contributed by atoms with E-state index in [2.05, 4.69) is 29.6 Å². The highest BCUT2D eigenvalue weighted by Gasteiger charge is 2.34. The van der Waals surface area contributed by atoms with Crippen LogP contribution in [0.25, 0.3) is 11.1 Å². The molecule has 2 N–H and O–H groups in total. The highest BCUT2D eigenvalue weighted by molar-refractivity contribution is 5.80. The van der Waals surface area contributed by atoms with E-state index < -0.39 is 18.0 Å². The monoisotopic (exact) mass is 478 g/mol. The average molecular weight is 479 g/mol. The van der Waals surface area contributed by atoms with Gasteiger partial charge in [-0.05, 0) is 41.0 Å². The smallest absolute Gasteiger partial charge is 0.407 e. The summed E-state index contributed by atoms with van der Waals surface area (Å²) < 4.78 is 5.64. The average Bonchev–Trinajstić information content (AvgIpc) is 3.19. The molecule has 1 saturated carbocycles. The zero-order chi connectivity index (χ0) is 24.9. The Morgan fingerprint density at radius 2 is 1.63 bits per heavy atom. The Morgan fingerprint density at radius 3 is 2.26 bits per heavy atom. The van der Waals surface area contributed by atoms with Gasteiger partial charge in [-0.1, -0.05) is 68.3 Å². The predicted molar refractivity (Wildman–Crippen MR) is 133 cm³/mol. The Morgan fingerprint density at radius 1 is 1.03 bits per heavy atom. The summed E-state index contributed by atoms with van der Waals surface area (Å²) in [5.74, 6) is -1.78. The van der Waals surface area contributed by atoms with Crippen molar-refractivity contribution >= 4 is 18.0 Å². The minimum Gasteiger partial charge on any atom is -0.481 e. The predicted octanol–water partition coefficient (Wildman–Crippen LogP) is 4.51. The maximum atomic E-state index is 13.0. The summed E-state index contributed by atoms with van der Waals surface area (Å²) in [6.07, 6.45) is 3.09. The molecule has 2 aromatic rings.